The van der Waals surface area contributed by atoms with E-state index in [9.17, 15) is 20.1 Å². The topological polar surface area (TPSA) is 77.8 Å². The first kappa shape index (κ1) is 15.9. The molecule has 122 valence electrons. The third-order valence-electron chi connectivity index (χ3n) is 6.39. The molecule has 3 N–H and O–H groups in total. The number of aliphatic hydroxyl groups excluding tert-OH is 3. The van der Waals surface area contributed by atoms with Gasteiger partial charge in [0.25, 0.3) is 0 Å². The van der Waals surface area contributed by atoms with Crippen LogP contribution in [0.25, 0.3) is 0 Å². The summed E-state index contributed by atoms with van der Waals surface area (Å²) in [5.74, 6) is -0.00307. The molecule has 0 heterocycles. The fraction of sp³-hybridized carbons (Fsp3) is 0.722. The highest BCUT2D eigenvalue weighted by Gasteiger charge is 2.58. The van der Waals surface area contributed by atoms with Crippen LogP contribution in [0.5, 0.6) is 0 Å². The molecule has 2 saturated carbocycles. The van der Waals surface area contributed by atoms with E-state index < -0.39 is 23.0 Å². The van der Waals surface area contributed by atoms with E-state index in [1.807, 2.05) is 13.0 Å². The van der Waals surface area contributed by atoms with Crippen LogP contribution >= 0.6 is 0 Å². The van der Waals surface area contributed by atoms with Gasteiger partial charge in [-0.25, -0.2) is 0 Å². The van der Waals surface area contributed by atoms with E-state index >= 15 is 0 Å². The van der Waals surface area contributed by atoms with E-state index in [-0.39, 0.29) is 30.1 Å². The van der Waals surface area contributed by atoms with Gasteiger partial charge < -0.3 is 15.3 Å². The van der Waals surface area contributed by atoms with Gasteiger partial charge in [-0.3, -0.25) is 4.79 Å². The van der Waals surface area contributed by atoms with Crippen LogP contribution in [0.15, 0.2) is 23.8 Å². The fourth-order valence-corrected chi connectivity index (χ4v) is 5.22. The molecule has 0 saturated heterocycles. The standard InChI is InChI=1S/C18H26O4/c1-10-6-12-15(14(21)8-17(2,9-19)16(12)22)18(3)5-4-11(20)7-13(10)18/h4-5,7,10,12,14-16,19,21-22H,6,8-9H2,1-3H3/t10-,12+,14-,15+,16?,17+,18-/m0/s1. The third kappa shape index (κ3) is 2.04. The summed E-state index contributed by atoms with van der Waals surface area (Å²) < 4.78 is 0. The Kier molecular flexibility index (Phi) is 3.63. The van der Waals surface area contributed by atoms with Crippen molar-refractivity contribution >= 4 is 5.78 Å². The minimum atomic E-state index is -0.661. The summed E-state index contributed by atoms with van der Waals surface area (Å²) >= 11 is 0. The number of hydrogen-bond acceptors (Lipinski definition) is 4. The molecule has 3 aliphatic rings. The minimum Gasteiger partial charge on any atom is -0.396 e. The van der Waals surface area contributed by atoms with Gasteiger partial charge in [-0.1, -0.05) is 32.4 Å². The van der Waals surface area contributed by atoms with Gasteiger partial charge in [0, 0.05) is 16.7 Å². The zero-order chi connectivity index (χ0) is 16.3. The lowest BCUT2D eigenvalue weighted by Gasteiger charge is -2.59. The van der Waals surface area contributed by atoms with Gasteiger partial charge in [0.1, 0.15) is 0 Å². The molecular weight excluding hydrogens is 280 g/mol. The van der Waals surface area contributed by atoms with Crippen LogP contribution in [-0.2, 0) is 4.79 Å². The molecule has 3 rings (SSSR count). The van der Waals surface area contributed by atoms with Crippen molar-refractivity contribution in [3.05, 3.63) is 23.8 Å². The van der Waals surface area contributed by atoms with Crippen LogP contribution < -0.4 is 0 Å². The van der Waals surface area contributed by atoms with Crippen LogP contribution in [0, 0.1) is 28.6 Å². The Bertz CT molecular complexity index is 551. The number of aliphatic hydroxyl groups is 3. The summed E-state index contributed by atoms with van der Waals surface area (Å²) in [6.07, 6.45) is 5.08. The Labute approximate surface area is 131 Å². The van der Waals surface area contributed by atoms with E-state index in [1.54, 1.807) is 12.2 Å². The first-order valence-corrected chi connectivity index (χ1v) is 8.15. The largest absolute Gasteiger partial charge is 0.396 e. The highest BCUT2D eigenvalue weighted by atomic mass is 16.3. The molecule has 0 amide bonds. The molecule has 7 atom stereocenters. The van der Waals surface area contributed by atoms with Gasteiger partial charge in [-0.15, -0.1) is 0 Å². The van der Waals surface area contributed by atoms with Crippen molar-refractivity contribution in [2.75, 3.05) is 6.61 Å². The fourth-order valence-electron chi connectivity index (χ4n) is 5.22. The highest BCUT2D eigenvalue weighted by Crippen LogP contribution is 2.59. The Hall–Kier alpha value is -0.970. The molecule has 1 unspecified atom stereocenters. The zero-order valence-corrected chi connectivity index (χ0v) is 13.5. The lowest BCUT2D eigenvalue weighted by molar-refractivity contribution is -0.168. The third-order valence-corrected chi connectivity index (χ3v) is 6.39. The van der Waals surface area contributed by atoms with Crippen molar-refractivity contribution in [2.45, 2.75) is 45.8 Å². The van der Waals surface area contributed by atoms with Crippen molar-refractivity contribution < 1.29 is 20.1 Å². The Morgan fingerprint density at radius 1 is 1.32 bits per heavy atom. The quantitative estimate of drug-likeness (QED) is 0.685. The van der Waals surface area contributed by atoms with Gasteiger partial charge in [0.05, 0.1) is 18.8 Å². The van der Waals surface area contributed by atoms with E-state index in [2.05, 4.69) is 13.8 Å². The lowest BCUT2D eigenvalue weighted by Crippen LogP contribution is -2.60. The molecule has 0 aliphatic heterocycles. The maximum absolute atomic E-state index is 11.8. The number of carbonyl (C=O) groups excluding carboxylic acids is 1. The lowest BCUT2D eigenvalue weighted by atomic mass is 9.48. The molecule has 4 heteroatoms. The molecule has 0 aromatic rings. The summed E-state index contributed by atoms with van der Waals surface area (Å²) in [6, 6.07) is 0. The van der Waals surface area contributed by atoms with Gasteiger partial charge in [0.2, 0.25) is 0 Å². The average molecular weight is 306 g/mol. The van der Waals surface area contributed by atoms with Gasteiger partial charge >= 0.3 is 0 Å². The number of carbonyl (C=O) groups is 1. The Morgan fingerprint density at radius 3 is 2.64 bits per heavy atom. The average Bonchev–Trinajstić information content (AvgIpc) is 2.46. The number of rotatable bonds is 1. The van der Waals surface area contributed by atoms with Crippen LogP contribution in [0.3, 0.4) is 0 Å². The summed E-state index contributed by atoms with van der Waals surface area (Å²) in [5, 5.41) is 31.3. The molecule has 4 nitrogen and oxygen atoms in total. The normalized spacial score (nSPS) is 51.1. The molecule has 3 aliphatic carbocycles. The molecule has 0 radical (unpaired) electrons. The molecule has 0 bridgehead atoms. The molecule has 0 spiro atoms. The van der Waals surface area contributed by atoms with Crippen LogP contribution in [-0.4, -0.2) is 39.9 Å². The number of fused-ring (bicyclic) bond motifs is 3. The predicted octanol–water partition coefficient (Wildman–Crippen LogP) is 1.45. The van der Waals surface area contributed by atoms with Gasteiger partial charge in [0.15, 0.2) is 5.78 Å². The van der Waals surface area contributed by atoms with Gasteiger partial charge in [-0.05, 0) is 36.8 Å². The summed E-state index contributed by atoms with van der Waals surface area (Å²) in [7, 11) is 0. The number of hydrogen-bond donors (Lipinski definition) is 3. The second-order valence-electron chi connectivity index (χ2n) is 7.97. The maximum Gasteiger partial charge on any atom is 0.178 e. The molecule has 0 aromatic carbocycles. The summed E-state index contributed by atoms with van der Waals surface area (Å²) in [6.45, 7) is 5.86. The second-order valence-corrected chi connectivity index (χ2v) is 7.97. The number of allylic oxidation sites excluding steroid dienone is 4. The first-order chi connectivity index (χ1) is 10.2. The second kappa shape index (κ2) is 5.02. The van der Waals surface area contributed by atoms with E-state index in [1.165, 1.54) is 0 Å². The molecular formula is C18H26O4. The monoisotopic (exact) mass is 306 g/mol. The van der Waals surface area contributed by atoms with E-state index in [0.717, 1.165) is 12.0 Å². The van der Waals surface area contributed by atoms with Crippen molar-refractivity contribution in [1.29, 1.82) is 0 Å². The SMILES string of the molecule is C[C@H]1C[C@H]2C(O)[C@@](C)(CO)C[C@H](O)[C@@H]2[C@@]2(C)C=CC(=O)C=C12. The van der Waals surface area contributed by atoms with Crippen LogP contribution in [0.2, 0.25) is 0 Å². The molecule has 0 aromatic heterocycles. The highest BCUT2D eigenvalue weighted by molar-refractivity contribution is 6.01. The minimum absolute atomic E-state index is 0.00354. The Balaban J connectivity index is 2.06. The maximum atomic E-state index is 11.8. The van der Waals surface area contributed by atoms with E-state index in [4.69, 9.17) is 0 Å². The Morgan fingerprint density at radius 2 is 2.00 bits per heavy atom. The van der Waals surface area contributed by atoms with Crippen LogP contribution in [0.1, 0.15) is 33.6 Å². The first-order valence-electron chi connectivity index (χ1n) is 8.15. The van der Waals surface area contributed by atoms with Crippen molar-refractivity contribution in [1.82, 2.24) is 0 Å². The molecule has 22 heavy (non-hydrogen) atoms. The van der Waals surface area contributed by atoms with E-state index in [0.29, 0.717) is 6.42 Å². The summed E-state index contributed by atoms with van der Waals surface area (Å²) in [5.41, 5.74) is 0.0135. The molecule has 2 fully saturated rings. The van der Waals surface area contributed by atoms with Crippen molar-refractivity contribution in [2.24, 2.45) is 28.6 Å². The van der Waals surface area contributed by atoms with Crippen molar-refractivity contribution in [3.63, 3.8) is 0 Å². The van der Waals surface area contributed by atoms with Gasteiger partial charge in [-0.2, -0.15) is 0 Å². The zero-order valence-electron chi connectivity index (χ0n) is 13.5. The number of ketones is 1. The summed E-state index contributed by atoms with van der Waals surface area (Å²) in [4.78, 5) is 11.8. The van der Waals surface area contributed by atoms with Crippen LogP contribution in [0.4, 0.5) is 0 Å². The van der Waals surface area contributed by atoms with Crippen molar-refractivity contribution in [3.8, 4) is 0 Å². The smallest absolute Gasteiger partial charge is 0.178 e. The predicted molar refractivity (Wildman–Crippen MR) is 82.9 cm³/mol.